The van der Waals surface area contributed by atoms with Crippen molar-refractivity contribution in [1.29, 1.82) is 0 Å². The van der Waals surface area contributed by atoms with Crippen molar-refractivity contribution in [2.24, 2.45) is 5.92 Å². The number of ether oxygens (including phenoxy) is 1. The number of hydrogen-bond acceptors (Lipinski definition) is 2. The molecule has 0 radical (unpaired) electrons. The molecule has 0 atom stereocenters. The normalized spacial score (nSPS) is 34.3. The van der Waals surface area contributed by atoms with Gasteiger partial charge in [-0.15, -0.1) is 0 Å². The summed E-state index contributed by atoms with van der Waals surface area (Å²) in [4.78, 5) is 11.5. The Morgan fingerprint density at radius 2 is 2.00 bits per heavy atom. The third kappa shape index (κ3) is 1.84. The Morgan fingerprint density at radius 3 is 2.43 bits per heavy atom. The minimum absolute atomic E-state index is 0.0757. The van der Waals surface area contributed by atoms with E-state index in [0.29, 0.717) is 0 Å². The minimum atomic E-state index is -0.146. The molecule has 0 amide bonds. The molecule has 0 aromatic heterocycles. The highest BCUT2D eigenvalue weighted by Gasteiger charge is 2.47. The van der Waals surface area contributed by atoms with Gasteiger partial charge in [-0.1, -0.05) is 5.57 Å². The molecule has 78 valence electrons. The number of rotatable bonds is 2. The Hall–Kier alpha value is -0.790. The van der Waals surface area contributed by atoms with Gasteiger partial charge in [0.05, 0.1) is 0 Å². The van der Waals surface area contributed by atoms with Gasteiger partial charge in [-0.2, -0.15) is 0 Å². The summed E-state index contributed by atoms with van der Waals surface area (Å²) < 4.78 is 5.59. The summed E-state index contributed by atoms with van der Waals surface area (Å²) in [5.74, 6) is 0.682. The molecule has 14 heavy (non-hydrogen) atoms. The third-order valence-electron chi connectivity index (χ3n) is 3.40. The maximum absolute atomic E-state index is 11.5. The number of carbonyl (C=O) groups is 1. The number of allylic oxidation sites excluding steroid dienone is 1. The lowest BCUT2D eigenvalue weighted by Crippen LogP contribution is -2.29. The maximum atomic E-state index is 11.5. The SMILES string of the molecule is CC(C)=CC(=O)OC12CCC(CC1)C2. The predicted molar refractivity (Wildman–Crippen MR) is 54.8 cm³/mol. The van der Waals surface area contributed by atoms with E-state index in [-0.39, 0.29) is 11.6 Å². The van der Waals surface area contributed by atoms with Gasteiger partial charge in [0.25, 0.3) is 0 Å². The van der Waals surface area contributed by atoms with Gasteiger partial charge in [-0.05, 0) is 51.9 Å². The van der Waals surface area contributed by atoms with Crippen LogP contribution in [0.3, 0.4) is 0 Å². The molecule has 2 aliphatic carbocycles. The molecule has 0 aromatic rings. The monoisotopic (exact) mass is 194 g/mol. The van der Waals surface area contributed by atoms with E-state index in [0.717, 1.165) is 30.8 Å². The van der Waals surface area contributed by atoms with Crippen LogP contribution in [0.2, 0.25) is 0 Å². The quantitative estimate of drug-likeness (QED) is 0.499. The lowest BCUT2D eigenvalue weighted by molar-refractivity contribution is -0.152. The predicted octanol–water partition coefficient (Wildman–Crippen LogP) is 2.83. The fourth-order valence-corrected chi connectivity index (χ4v) is 2.76. The van der Waals surface area contributed by atoms with Crippen LogP contribution in [0.25, 0.3) is 0 Å². The average molecular weight is 194 g/mol. The molecule has 2 saturated carbocycles. The maximum Gasteiger partial charge on any atom is 0.331 e. The summed E-state index contributed by atoms with van der Waals surface area (Å²) in [5, 5.41) is 0. The van der Waals surface area contributed by atoms with Crippen LogP contribution >= 0.6 is 0 Å². The average Bonchev–Trinajstić information content (AvgIpc) is 2.60. The molecule has 2 bridgehead atoms. The van der Waals surface area contributed by atoms with E-state index < -0.39 is 0 Å². The zero-order valence-corrected chi connectivity index (χ0v) is 9.01. The van der Waals surface area contributed by atoms with E-state index in [4.69, 9.17) is 4.74 Å². The van der Waals surface area contributed by atoms with E-state index in [1.807, 2.05) is 13.8 Å². The zero-order valence-electron chi connectivity index (χ0n) is 9.01. The van der Waals surface area contributed by atoms with E-state index in [9.17, 15) is 4.79 Å². The van der Waals surface area contributed by atoms with Gasteiger partial charge >= 0.3 is 5.97 Å². The van der Waals surface area contributed by atoms with E-state index in [2.05, 4.69) is 0 Å². The molecule has 0 saturated heterocycles. The first-order valence-corrected chi connectivity index (χ1v) is 5.48. The molecule has 2 heteroatoms. The molecule has 0 heterocycles. The molecule has 0 aromatic carbocycles. The first kappa shape index (κ1) is 9.75. The molecule has 2 fully saturated rings. The van der Waals surface area contributed by atoms with Crippen LogP contribution in [0.15, 0.2) is 11.6 Å². The van der Waals surface area contributed by atoms with Gasteiger partial charge in [0.15, 0.2) is 0 Å². The standard InChI is InChI=1S/C12H18O2/c1-9(2)7-11(13)14-12-5-3-10(8-12)4-6-12/h7,10H,3-6,8H2,1-2H3. The van der Waals surface area contributed by atoms with Crippen LogP contribution in [-0.4, -0.2) is 11.6 Å². The second kappa shape index (κ2) is 3.41. The van der Waals surface area contributed by atoms with Crippen LogP contribution in [0.1, 0.15) is 46.0 Å². The molecule has 0 spiro atoms. The van der Waals surface area contributed by atoms with Crippen LogP contribution in [0.5, 0.6) is 0 Å². The van der Waals surface area contributed by atoms with Crippen molar-refractivity contribution in [3.8, 4) is 0 Å². The van der Waals surface area contributed by atoms with Crippen LogP contribution < -0.4 is 0 Å². The number of carbonyl (C=O) groups excluding carboxylic acids is 1. The fraction of sp³-hybridized carbons (Fsp3) is 0.750. The molecular weight excluding hydrogens is 176 g/mol. The van der Waals surface area contributed by atoms with Crippen molar-refractivity contribution < 1.29 is 9.53 Å². The zero-order chi connectivity index (χ0) is 10.2. The molecule has 2 rings (SSSR count). The van der Waals surface area contributed by atoms with Gasteiger partial charge in [0.2, 0.25) is 0 Å². The molecule has 0 unspecified atom stereocenters. The highest BCUT2D eigenvalue weighted by molar-refractivity contribution is 5.83. The first-order valence-electron chi connectivity index (χ1n) is 5.48. The molecule has 0 aliphatic heterocycles. The van der Waals surface area contributed by atoms with Crippen molar-refractivity contribution >= 4 is 5.97 Å². The summed E-state index contributed by atoms with van der Waals surface area (Å²) in [7, 11) is 0. The van der Waals surface area contributed by atoms with E-state index in [1.54, 1.807) is 6.08 Å². The second-order valence-corrected chi connectivity index (χ2v) is 4.97. The molecule has 2 nitrogen and oxygen atoms in total. The summed E-state index contributed by atoms with van der Waals surface area (Å²) >= 11 is 0. The first-order chi connectivity index (χ1) is 6.60. The van der Waals surface area contributed by atoms with Crippen molar-refractivity contribution in [3.05, 3.63) is 11.6 Å². The van der Waals surface area contributed by atoms with Crippen molar-refractivity contribution in [2.45, 2.75) is 51.6 Å². The minimum Gasteiger partial charge on any atom is -0.456 e. The van der Waals surface area contributed by atoms with Gasteiger partial charge in [-0.25, -0.2) is 4.79 Å². The lowest BCUT2D eigenvalue weighted by Gasteiger charge is -2.25. The van der Waals surface area contributed by atoms with E-state index in [1.165, 1.54) is 12.8 Å². The fourth-order valence-electron chi connectivity index (χ4n) is 2.76. The Morgan fingerprint density at radius 1 is 1.36 bits per heavy atom. The molecular formula is C12H18O2. The molecule has 0 N–H and O–H groups in total. The number of hydrogen-bond donors (Lipinski definition) is 0. The van der Waals surface area contributed by atoms with E-state index >= 15 is 0 Å². The summed E-state index contributed by atoms with van der Waals surface area (Å²) in [6.07, 6.45) is 7.37. The van der Waals surface area contributed by atoms with Crippen LogP contribution in [0, 0.1) is 5.92 Å². The highest BCUT2D eigenvalue weighted by Crippen LogP contribution is 2.49. The number of fused-ring (bicyclic) bond motifs is 2. The Balaban J connectivity index is 1.97. The van der Waals surface area contributed by atoms with Crippen LogP contribution in [0.4, 0.5) is 0 Å². The molecule has 2 aliphatic rings. The summed E-state index contributed by atoms with van der Waals surface area (Å²) in [5.41, 5.74) is 0.937. The summed E-state index contributed by atoms with van der Waals surface area (Å²) in [6, 6.07) is 0. The summed E-state index contributed by atoms with van der Waals surface area (Å²) in [6.45, 7) is 3.84. The largest absolute Gasteiger partial charge is 0.456 e. The van der Waals surface area contributed by atoms with Gasteiger partial charge in [0.1, 0.15) is 5.60 Å². The highest BCUT2D eigenvalue weighted by atomic mass is 16.6. The smallest absolute Gasteiger partial charge is 0.331 e. The van der Waals surface area contributed by atoms with Crippen molar-refractivity contribution in [1.82, 2.24) is 0 Å². The Bertz CT molecular complexity index is 266. The Kier molecular flexibility index (Phi) is 2.38. The van der Waals surface area contributed by atoms with Crippen molar-refractivity contribution in [2.75, 3.05) is 0 Å². The van der Waals surface area contributed by atoms with Gasteiger partial charge in [0, 0.05) is 6.08 Å². The van der Waals surface area contributed by atoms with Gasteiger partial charge in [-0.3, -0.25) is 0 Å². The van der Waals surface area contributed by atoms with Crippen LogP contribution in [-0.2, 0) is 9.53 Å². The number of esters is 1. The second-order valence-electron chi connectivity index (χ2n) is 4.97. The Labute approximate surface area is 85.3 Å². The topological polar surface area (TPSA) is 26.3 Å². The van der Waals surface area contributed by atoms with Crippen molar-refractivity contribution in [3.63, 3.8) is 0 Å². The third-order valence-corrected chi connectivity index (χ3v) is 3.40. The lowest BCUT2D eigenvalue weighted by atomic mass is 9.97. The van der Waals surface area contributed by atoms with Gasteiger partial charge < -0.3 is 4.74 Å².